The van der Waals surface area contributed by atoms with Gasteiger partial charge in [0.1, 0.15) is 9.85 Å². The van der Waals surface area contributed by atoms with Gasteiger partial charge >= 0.3 is 10.2 Å². The molecule has 0 spiro atoms. The van der Waals surface area contributed by atoms with E-state index < -0.39 is 21.4 Å². The maximum absolute atomic E-state index is 12.8. The Kier molecular flexibility index (Phi) is 3.17. The number of carbonyl (C=O) groups excluding carboxylic acids is 1. The van der Waals surface area contributed by atoms with Gasteiger partial charge in [0.05, 0.1) is 11.9 Å². The molecule has 1 fully saturated rings. The molecule has 0 radical (unpaired) electrons. The summed E-state index contributed by atoms with van der Waals surface area (Å²) in [7, 11) is -4.68. The average molecular weight is 323 g/mol. The zero-order chi connectivity index (χ0) is 12.6. The highest BCUT2D eigenvalue weighted by Crippen LogP contribution is 2.25. The minimum Gasteiger partial charge on any atom is -0.309 e. The van der Waals surface area contributed by atoms with Crippen molar-refractivity contribution >= 4 is 37.7 Å². The molecule has 1 unspecified atom stereocenters. The molecule has 1 aromatic heterocycles. The lowest BCUT2D eigenvalue weighted by Gasteiger charge is -2.15. The van der Waals surface area contributed by atoms with Crippen molar-refractivity contribution in [3.05, 3.63) is 22.9 Å². The van der Waals surface area contributed by atoms with E-state index in [2.05, 4.69) is 20.9 Å². The quantitative estimate of drug-likeness (QED) is 0.607. The predicted molar refractivity (Wildman–Crippen MR) is 62.7 cm³/mol. The zero-order valence-corrected chi connectivity index (χ0v) is 10.9. The summed E-state index contributed by atoms with van der Waals surface area (Å²) in [6.07, 6.45) is 1.10. The molecule has 0 aliphatic carbocycles. The smallest absolute Gasteiger partial charge is 0.307 e. The van der Waals surface area contributed by atoms with Crippen LogP contribution in [0.2, 0.25) is 0 Å². The molecule has 0 bridgehead atoms. The third-order valence-electron chi connectivity index (χ3n) is 2.51. The summed E-state index contributed by atoms with van der Waals surface area (Å²) in [5.41, 5.74) is 0.462. The number of aromatic nitrogens is 1. The third kappa shape index (κ3) is 2.63. The van der Waals surface area contributed by atoms with Gasteiger partial charge < -0.3 is 4.90 Å². The molecule has 1 aliphatic heterocycles. The van der Waals surface area contributed by atoms with Gasteiger partial charge in [0.25, 0.3) is 0 Å². The number of anilines is 1. The first-order valence-electron chi connectivity index (χ1n) is 4.73. The van der Waals surface area contributed by atoms with Crippen LogP contribution in [0.25, 0.3) is 0 Å². The Hall–Kier alpha value is -1.02. The molecule has 8 heteroatoms. The number of carbonyl (C=O) groups is 1. The first kappa shape index (κ1) is 12.4. The van der Waals surface area contributed by atoms with Crippen LogP contribution in [0.5, 0.6) is 0 Å². The van der Waals surface area contributed by atoms with E-state index in [9.17, 15) is 17.1 Å². The lowest BCUT2D eigenvalue weighted by atomic mass is 10.4. The van der Waals surface area contributed by atoms with E-state index >= 15 is 0 Å². The molecular formula is C9H8BrFN2O3S. The maximum Gasteiger partial charge on any atom is 0.307 e. The average Bonchev–Trinajstić information content (AvgIpc) is 2.61. The van der Waals surface area contributed by atoms with Crippen molar-refractivity contribution in [2.45, 2.75) is 11.7 Å². The molecule has 0 N–H and O–H groups in total. The predicted octanol–water partition coefficient (Wildman–Crippen LogP) is 1.25. The Morgan fingerprint density at radius 2 is 2.18 bits per heavy atom. The summed E-state index contributed by atoms with van der Waals surface area (Å²) in [6, 6.07) is 3.24. The third-order valence-corrected chi connectivity index (χ3v) is 4.09. The first-order chi connectivity index (χ1) is 7.88. The molecule has 1 atom stereocenters. The van der Waals surface area contributed by atoms with E-state index in [-0.39, 0.29) is 13.0 Å². The van der Waals surface area contributed by atoms with Gasteiger partial charge in [0.2, 0.25) is 5.91 Å². The van der Waals surface area contributed by atoms with Crippen molar-refractivity contribution in [2.24, 2.45) is 0 Å². The fourth-order valence-electron chi connectivity index (χ4n) is 1.64. The van der Waals surface area contributed by atoms with Gasteiger partial charge in [-0.1, -0.05) is 0 Å². The van der Waals surface area contributed by atoms with Crippen LogP contribution in [0.15, 0.2) is 22.9 Å². The fourth-order valence-corrected chi connectivity index (χ4v) is 2.54. The molecule has 0 aromatic carbocycles. The van der Waals surface area contributed by atoms with E-state index in [0.29, 0.717) is 10.3 Å². The fraction of sp³-hybridized carbons (Fsp3) is 0.333. The summed E-state index contributed by atoms with van der Waals surface area (Å²) in [4.78, 5) is 16.7. The lowest BCUT2D eigenvalue weighted by molar-refractivity contribution is -0.117. The number of rotatable bonds is 2. The van der Waals surface area contributed by atoms with Gasteiger partial charge in [-0.05, 0) is 28.1 Å². The van der Waals surface area contributed by atoms with E-state index in [4.69, 9.17) is 0 Å². The molecule has 0 saturated carbocycles. The van der Waals surface area contributed by atoms with Crippen molar-refractivity contribution in [1.29, 1.82) is 0 Å². The van der Waals surface area contributed by atoms with E-state index in [1.54, 1.807) is 12.1 Å². The molecule has 17 heavy (non-hydrogen) atoms. The molecule has 5 nitrogen and oxygen atoms in total. The summed E-state index contributed by atoms with van der Waals surface area (Å²) in [5.74, 6) is -0.416. The number of halogens is 2. The number of hydrogen-bond acceptors (Lipinski definition) is 4. The Bertz CT molecular complexity index is 546. The highest BCUT2D eigenvalue weighted by molar-refractivity contribution is 9.10. The molecule has 1 saturated heterocycles. The molecule has 2 rings (SSSR count). The number of pyridine rings is 1. The van der Waals surface area contributed by atoms with Crippen molar-refractivity contribution < 1.29 is 17.1 Å². The second kappa shape index (κ2) is 4.34. The molecule has 1 aromatic rings. The van der Waals surface area contributed by atoms with Crippen LogP contribution >= 0.6 is 15.9 Å². The Morgan fingerprint density at radius 3 is 2.65 bits per heavy atom. The molecule has 1 amide bonds. The van der Waals surface area contributed by atoms with Gasteiger partial charge in [-0.3, -0.25) is 4.79 Å². The Balaban J connectivity index is 2.24. The van der Waals surface area contributed by atoms with Crippen LogP contribution in [0.4, 0.5) is 9.57 Å². The summed E-state index contributed by atoms with van der Waals surface area (Å²) in [5, 5.41) is -1.28. The Morgan fingerprint density at radius 1 is 1.47 bits per heavy atom. The Labute approximate surface area is 106 Å². The topological polar surface area (TPSA) is 67.3 Å². The van der Waals surface area contributed by atoms with Crippen LogP contribution in [0.3, 0.4) is 0 Å². The van der Waals surface area contributed by atoms with Crippen LogP contribution in [-0.2, 0) is 15.0 Å². The van der Waals surface area contributed by atoms with Crippen LogP contribution in [-0.4, -0.2) is 31.1 Å². The SMILES string of the molecule is O=C1CC(S(=O)(=O)F)CN1c1ccc(Br)nc1. The van der Waals surface area contributed by atoms with Crippen molar-refractivity contribution in [1.82, 2.24) is 4.98 Å². The van der Waals surface area contributed by atoms with E-state index in [1.807, 2.05) is 0 Å². The van der Waals surface area contributed by atoms with E-state index in [0.717, 1.165) is 0 Å². The van der Waals surface area contributed by atoms with Gasteiger partial charge in [0, 0.05) is 13.0 Å². The number of nitrogens with zero attached hydrogens (tertiary/aromatic N) is 2. The van der Waals surface area contributed by atoms with Crippen molar-refractivity contribution in [3.63, 3.8) is 0 Å². The zero-order valence-electron chi connectivity index (χ0n) is 8.51. The maximum atomic E-state index is 12.8. The van der Waals surface area contributed by atoms with Crippen LogP contribution in [0.1, 0.15) is 6.42 Å². The van der Waals surface area contributed by atoms with Crippen LogP contribution < -0.4 is 4.90 Å². The summed E-state index contributed by atoms with van der Waals surface area (Å²) >= 11 is 3.14. The first-order valence-corrected chi connectivity index (χ1v) is 6.97. The van der Waals surface area contributed by atoms with Gasteiger partial charge in [-0.15, -0.1) is 3.89 Å². The van der Waals surface area contributed by atoms with E-state index in [1.165, 1.54) is 11.1 Å². The largest absolute Gasteiger partial charge is 0.309 e. The second-order valence-corrected chi connectivity index (χ2v) is 6.08. The van der Waals surface area contributed by atoms with Crippen molar-refractivity contribution in [3.8, 4) is 0 Å². The molecule has 1 aliphatic rings. The van der Waals surface area contributed by atoms with Gasteiger partial charge in [-0.25, -0.2) is 4.98 Å². The normalized spacial score (nSPS) is 20.9. The molecular weight excluding hydrogens is 315 g/mol. The molecule has 2 heterocycles. The van der Waals surface area contributed by atoms with Gasteiger partial charge in [0.15, 0.2) is 0 Å². The summed E-state index contributed by atoms with van der Waals surface area (Å²) < 4.78 is 34.9. The number of hydrogen-bond donors (Lipinski definition) is 0. The number of amides is 1. The summed E-state index contributed by atoms with van der Waals surface area (Å²) in [6.45, 7) is -0.166. The molecule has 92 valence electrons. The highest BCUT2D eigenvalue weighted by atomic mass is 79.9. The lowest BCUT2D eigenvalue weighted by Crippen LogP contribution is -2.26. The minimum absolute atomic E-state index is 0.166. The second-order valence-electron chi connectivity index (χ2n) is 3.65. The minimum atomic E-state index is -4.68. The van der Waals surface area contributed by atoms with Crippen LogP contribution in [0, 0.1) is 0 Å². The standard InChI is InChI=1S/C9H8BrFN2O3S/c10-8-2-1-6(4-12-8)13-5-7(3-9(13)14)17(11,15)16/h1-2,4,7H,3,5H2. The van der Waals surface area contributed by atoms with Crippen molar-refractivity contribution in [2.75, 3.05) is 11.4 Å². The monoisotopic (exact) mass is 322 g/mol. The highest BCUT2D eigenvalue weighted by Gasteiger charge is 2.39. The van der Waals surface area contributed by atoms with Gasteiger partial charge in [-0.2, -0.15) is 8.42 Å².